The third-order valence-electron chi connectivity index (χ3n) is 1.66. The molecule has 1 nitrogen and oxygen atoms in total. The smallest absolute Gasteiger partial charge is 0.0762 e. The lowest BCUT2D eigenvalue weighted by Crippen LogP contribution is -1.91. The van der Waals surface area contributed by atoms with Gasteiger partial charge in [0, 0.05) is 4.47 Å². The summed E-state index contributed by atoms with van der Waals surface area (Å²) in [6.45, 7) is 3.78. The van der Waals surface area contributed by atoms with Crippen molar-refractivity contribution >= 4 is 15.9 Å². The van der Waals surface area contributed by atoms with Gasteiger partial charge < -0.3 is 5.11 Å². The van der Waals surface area contributed by atoms with E-state index >= 15 is 0 Å². The van der Waals surface area contributed by atoms with Crippen LogP contribution >= 0.6 is 15.9 Å². The summed E-state index contributed by atoms with van der Waals surface area (Å²) in [7, 11) is 0. The van der Waals surface area contributed by atoms with E-state index in [1.54, 1.807) is 6.92 Å². The van der Waals surface area contributed by atoms with Gasteiger partial charge in [-0.1, -0.05) is 28.1 Å². The summed E-state index contributed by atoms with van der Waals surface area (Å²) in [5.74, 6) is 0. The second-order valence-electron chi connectivity index (χ2n) is 2.68. The number of rotatable bonds is 1. The first-order valence-corrected chi connectivity index (χ1v) is 4.34. The molecule has 0 spiro atoms. The van der Waals surface area contributed by atoms with Crippen molar-refractivity contribution in [3.05, 3.63) is 33.8 Å². The van der Waals surface area contributed by atoms with Gasteiger partial charge in [-0.2, -0.15) is 0 Å². The summed E-state index contributed by atoms with van der Waals surface area (Å²) in [5.41, 5.74) is 2.12. The predicted molar refractivity (Wildman–Crippen MR) is 49.5 cm³/mol. The topological polar surface area (TPSA) is 20.2 Å². The van der Waals surface area contributed by atoms with Crippen molar-refractivity contribution in [2.24, 2.45) is 0 Å². The van der Waals surface area contributed by atoms with Gasteiger partial charge in [-0.3, -0.25) is 0 Å². The molecule has 11 heavy (non-hydrogen) atoms. The Morgan fingerprint density at radius 1 is 1.45 bits per heavy atom. The maximum Gasteiger partial charge on any atom is 0.0762 e. The molecule has 1 aromatic carbocycles. The van der Waals surface area contributed by atoms with Crippen LogP contribution in [0.1, 0.15) is 24.2 Å². The molecule has 0 bridgehead atoms. The Bertz CT molecular complexity index is 256. The van der Waals surface area contributed by atoms with Crippen molar-refractivity contribution in [3.63, 3.8) is 0 Å². The highest BCUT2D eigenvalue weighted by atomic mass is 79.9. The molecule has 0 aliphatic carbocycles. The van der Waals surface area contributed by atoms with Crippen LogP contribution in [0.15, 0.2) is 22.7 Å². The molecule has 0 saturated carbocycles. The van der Waals surface area contributed by atoms with Crippen molar-refractivity contribution in [3.8, 4) is 0 Å². The fraction of sp³-hybridized carbons (Fsp3) is 0.333. The normalized spacial score (nSPS) is 13.1. The molecule has 0 aliphatic rings. The monoisotopic (exact) mass is 214 g/mol. The molecule has 0 heterocycles. The summed E-state index contributed by atoms with van der Waals surface area (Å²) < 4.78 is 1.09. The Kier molecular flexibility index (Phi) is 2.68. The molecule has 0 saturated heterocycles. The largest absolute Gasteiger partial charge is 0.389 e. The predicted octanol–water partition coefficient (Wildman–Crippen LogP) is 2.81. The Morgan fingerprint density at radius 3 is 2.55 bits per heavy atom. The van der Waals surface area contributed by atoms with Gasteiger partial charge in [0.2, 0.25) is 0 Å². The standard InChI is InChI=1S/C9H11BrO/c1-6-5-8(7(2)11)3-4-9(6)10/h3-5,7,11H,1-2H3/t7-/m0/s1. The maximum atomic E-state index is 9.22. The molecule has 0 amide bonds. The van der Waals surface area contributed by atoms with Crippen LogP contribution in [0.2, 0.25) is 0 Å². The van der Waals surface area contributed by atoms with Crippen molar-refractivity contribution in [2.75, 3.05) is 0 Å². The summed E-state index contributed by atoms with van der Waals surface area (Å²) in [4.78, 5) is 0. The highest BCUT2D eigenvalue weighted by Crippen LogP contribution is 2.20. The lowest BCUT2D eigenvalue weighted by molar-refractivity contribution is 0.199. The molecule has 1 aromatic rings. The van der Waals surface area contributed by atoms with Crippen LogP contribution in [0.5, 0.6) is 0 Å². The van der Waals surface area contributed by atoms with Crippen LogP contribution in [-0.4, -0.2) is 5.11 Å². The molecule has 1 N–H and O–H groups in total. The average molecular weight is 215 g/mol. The van der Waals surface area contributed by atoms with Gasteiger partial charge in [-0.25, -0.2) is 0 Å². The van der Waals surface area contributed by atoms with Crippen LogP contribution in [0.3, 0.4) is 0 Å². The number of aryl methyl sites for hydroxylation is 1. The van der Waals surface area contributed by atoms with Crippen LogP contribution in [0.4, 0.5) is 0 Å². The van der Waals surface area contributed by atoms with Gasteiger partial charge in [0.15, 0.2) is 0 Å². The second-order valence-corrected chi connectivity index (χ2v) is 3.54. The van der Waals surface area contributed by atoms with Gasteiger partial charge in [0.05, 0.1) is 6.10 Å². The Labute approximate surface area is 75.2 Å². The molecule has 1 atom stereocenters. The number of hydrogen-bond acceptors (Lipinski definition) is 1. The van der Waals surface area contributed by atoms with Crippen molar-refractivity contribution < 1.29 is 5.11 Å². The summed E-state index contributed by atoms with van der Waals surface area (Å²) in [5, 5.41) is 9.22. The highest BCUT2D eigenvalue weighted by Gasteiger charge is 2.01. The van der Waals surface area contributed by atoms with E-state index in [1.807, 2.05) is 25.1 Å². The molecule has 2 heteroatoms. The molecule has 0 aromatic heterocycles. The minimum atomic E-state index is -0.373. The summed E-state index contributed by atoms with van der Waals surface area (Å²) >= 11 is 3.40. The molecule has 0 aliphatic heterocycles. The molecule has 60 valence electrons. The van der Waals surface area contributed by atoms with Gasteiger partial charge in [-0.15, -0.1) is 0 Å². The van der Waals surface area contributed by atoms with E-state index < -0.39 is 0 Å². The SMILES string of the molecule is Cc1cc([C@H](C)O)ccc1Br. The maximum absolute atomic E-state index is 9.22. The zero-order valence-electron chi connectivity index (χ0n) is 6.63. The van der Waals surface area contributed by atoms with E-state index in [1.165, 1.54) is 0 Å². The van der Waals surface area contributed by atoms with Crippen molar-refractivity contribution in [1.29, 1.82) is 0 Å². The van der Waals surface area contributed by atoms with Gasteiger partial charge >= 0.3 is 0 Å². The second kappa shape index (κ2) is 3.37. The summed E-state index contributed by atoms with van der Waals surface area (Å²) in [6, 6.07) is 5.86. The zero-order chi connectivity index (χ0) is 8.43. The minimum Gasteiger partial charge on any atom is -0.389 e. The molecular formula is C9H11BrO. The fourth-order valence-corrected chi connectivity index (χ4v) is 1.17. The Hall–Kier alpha value is -0.340. The quantitative estimate of drug-likeness (QED) is 0.763. The lowest BCUT2D eigenvalue weighted by atomic mass is 10.1. The lowest BCUT2D eigenvalue weighted by Gasteiger charge is -2.05. The van der Waals surface area contributed by atoms with Crippen molar-refractivity contribution in [1.82, 2.24) is 0 Å². The molecule has 0 unspecified atom stereocenters. The highest BCUT2D eigenvalue weighted by molar-refractivity contribution is 9.10. The van der Waals surface area contributed by atoms with Gasteiger partial charge in [0.25, 0.3) is 0 Å². The first-order valence-electron chi connectivity index (χ1n) is 3.55. The van der Waals surface area contributed by atoms with E-state index in [0.717, 1.165) is 15.6 Å². The van der Waals surface area contributed by atoms with E-state index in [2.05, 4.69) is 15.9 Å². The third-order valence-corrected chi connectivity index (χ3v) is 2.55. The van der Waals surface area contributed by atoms with Crippen molar-refractivity contribution in [2.45, 2.75) is 20.0 Å². The minimum absolute atomic E-state index is 0.373. The summed E-state index contributed by atoms with van der Waals surface area (Å²) in [6.07, 6.45) is -0.373. The van der Waals surface area contributed by atoms with E-state index in [-0.39, 0.29) is 6.10 Å². The van der Waals surface area contributed by atoms with Crippen LogP contribution in [0, 0.1) is 6.92 Å². The molecule has 1 rings (SSSR count). The number of hydrogen-bond donors (Lipinski definition) is 1. The van der Waals surface area contributed by atoms with Gasteiger partial charge in [-0.05, 0) is 31.0 Å². The van der Waals surface area contributed by atoms with E-state index in [9.17, 15) is 5.11 Å². The number of benzene rings is 1. The average Bonchev–Trinajstić information content (AvgIpc) is 1.94. The first-order chi connectivity index (χ1) is 5.11. The molecule has 0 fully saturated rings. The fourth-order valence-electron chi connectivity index (χ4n) is 0.928. The number of aliphatic hydroxyl groups excluding tert-OH is 1. The Morgan fingerprint density at radius 2 is 2.09 bits per heavy atom. The van der Waals surface area contributed by atoms with E-state index in [0.29, 0.717) is 0 Å². The number of halogens is 1. The number of aliphatic hydroxyl groups is 1. The zero-order valence-corrected chi connectivity index (χ0v) is 8.22. The van der Waals surface area contributed by atoms with Gasteiger partial charge in [0.1, 0.15) is 0 Å². The third kappa shape index (κ3) is 2.04. The Balaban J connectivity index is 3.05. The molecular weight excluding hydrogens is 204 g/mol. The van der Waals surface area contributed by atoms with Crippen LogP contribution in [0.25, 0.3) is 0 Å². The van der Waals surface area contributed by atoms with Crippen LogP contribution < -0.4 is 0 Å². The first kappa shape index (κ1) is 8.75. The van der Waals surface area contributed by atoms with E-state index in [4.69, 9.17) is 0 Å². The molecule has 0 radical (unpaired) electrons. The van der Waals surface area contributed by atoms with Crippen LogP contribution in [-0.2, 0) is 0 Å².